The summed E-state index contributed by atoms with van der Waals surface area (Å²) in [6, 6.07) is 16.1. The molecule has 1 fully saturated rings. The lowest BCUT2D eigenvalue weighted by atomic mass is 9.96. The lowest BCUT2D eigenvalue weighted by Gasteiger charge is -2.48. The van der Waals surface area contributed by atoms with Crippen molar-refractivity contribution in [1.82, 2.24) is 19.4 Å². The molecular formula is C28H26F2N6O. The van der Waals surface area contributed by atoms with Gasteiger partial charge < -0.3 is 9.47 Å². The Bertz CT molecular complexity index is 1570. The summed E-state index contributed by atoms with van der Waals surface area (Å²) < 4.78 is 29.6. The summed E-state index contributed by atoms with van der Waals surface area (Å²) in [6.07, 6.45) is 1.69. The first-order valence-electron chi connectivity index (χ1n) is 12.1. The highest BCUT2D eigenvalue weighted by Crippen LogP contribution is 2.35. The fraction of sp³-hybridized carbons (Fsp3) is 0.286. The molecule has 0 N–H and O–H groups in total. The van der Waals surface area contributed by atoms with Gasteiger partial charge in [0.25, 0.3) is 5.56 Å². The lowest BCUT2D eigenvalue weighted by Crippen LogP contribution is -2.57. The molecule has 7 nitrogen and oxygen atoms in total. The molecule has 0 spiro atoms. The molecule has 1 aliphatic heterocycles. The zero-order chi connectivity index (χ0) is 26.3. The van der Waals surface area contributed by atoms with Gasteiger partial charge in [0.2, 0.25) is 0 Å². The van der Waals surface area contributed by atoms with E-state index in [1.54, 1.807) is 37.5 Å². The van der Waals surface area contributed by atoms with Crippen LogP contribution >= 0.6 is 0 Å². The SMILES string of the molecule is C[C@@H]1CN(c2cc(=O)n(C)c3ccc(C#N)nc23)[C@@H](C)CN1C(c1ccc(F)c(F)c1)c1ccccn1. The van der Waals surface area contributed by atoms with Crippen LogP contribution in [0.15, 0.2) is 65.6 Å². The smallest absolute Gasteiger partial charge is 0.252 e. The van der Waals surface area contributed by atoms with Gasteiger partial charge in [-0.05, 0) is 55.8 Å². The number of aromatic nitrogens is 3. The third-order valence-corrected chi connectivity index (χ3v) is 7.09. The Morgan fingerprint density at radius 3 is 2.54 bits per heavy atom. The molecule has 9 heteroatoms. The first kappa shape index (κ1) is 24.5. The minimum Gasteiger partial charge on any atom is -0.364 e. The van der Waals surface area contributed by atoms with Gasteiger partial charge in [0.1, 0.15) is 17.3 Å². The Morgan fingerprint density at radius 2 is 1.84 bits per heavy atom. The molecule has 37 heavy (non-hydrogen) atoms. The second-order valence-corrected chi connectivity index (χ2v) is 9.48. The van der Waals surface area contributed by atoms with Crippen LogP contribution in [-0.2, 0) is 7.05 Å². The summed E-state index contributed by atoms with van der Waals surface area (Å²) in [5.41, 5.74) is 3.39. The van der Waals surface area contributed by atoms with Crippen LogP contribution < -0.4 is 10.5 Å². The summed E-state index contributed by atoms with van der Waals surface area (Å²) in [6.45, 7) is 5.23. The van der Waals surface area contributed by atoms with Gasteiger partial charge in [0.05, 0.1) is 22.9 Å². The number of hydrogen-bond acceptors (Lipinski definition) is 6. The molecule has 0 aliphatic carbocycles. The van der Waals surface area contributed by atoms with Crippen LogP contribution in [0.3, 0.4) is 0 Å². The standard InChI is InChI=1S/C28H26F2N6O/c1-17-16-36(28(23-6-4-5-11-32-23)19-7-9-21(29)22(30)12-19)18(2)15-35(17)25-13-26(37)34(3)24-10-8-20(14-31)33-27(24)25/h4-13,17-18,28H,15-16H2,1-3H3/t17-,18+,28?/m0/s1. The number of fused-ring (bicyclic) bond motifs is 1. The van der Waals surface area contributed by atoms with Crippen molar-refractivity contribution in [2.45, 2.75) is 32.0 Å². The van der Waals surface area contributed by atoms with Crippen molar-refractivity contribution < 1.29 is 8.78 Å². The number of rotatable bonds is 4. The normalized spacial score (nSPS) is 19.1. The number of pyridine rings is 3. The third kappa shape index (κ3) is 4.45. The number of hydrogen-bond donors (Lipinski definition) is 0. The average molecular weight is 501 g/mol. The van der Waals surface area contributed by atoms with Crippen LogP contribution in [0.4, 0.5) is 14.5 Å². The largest absolute Gasteiger partial charge is 0.364 e. The molecule has 1 aliphatic rings. The quantitative estimate of drug-likeness (QED) is 0.419. The maximum atomic E-state index is 14.3. The van der Waals surface area contributed by atoms with E-state index in [-0.39, 0.29) is 29.4 Å². The van der Waals surface area contributed by atoms with Gasteiger partial charge in [-0.1, -0.05) is 12.1 Å². The fourth-order valence-corrected chi connectivity index (χ4v) is 5.19. The Balaban J connectivity index is 1.56. The molecule has 188 valence electrons. The Kier molecular flexibility index (Phi) is 6.44. The van der Waals surface area contributed by atoms with Crippen LogP contribution in [-0.4, -0.2) is 44.6 Å². The van der Waals surface area contributed by atoms with Gasteiger partial charge in [-0.15, -0.1) is 0 Å². The molecule has 3 aromatic heterocycles. The van der Waals surface area contributed by atoms with E-state index in [1.807, 2.05) is 18.2 Å². The highest BCUT2D eigenvalue weighted by molar-refractivity contribution is 5.89. The predicted octanol–water partition coefficient (Wildman–Crippen LogP) is 4.17. The Labute approximate surface area is 213 Å². The molecular weight excluding hydrogens is 474 g/mol. The lowest BCUT2D eigenvalue weighted by molar-refractivity contribution is 0.127. The highest BCUT2D eigenvalue weighted by atomic mass is 19.2. The number of piperazine rings is 1. The zero-order valence-corrected chi connectivity index (χ0v) is 20.8. The first-order valence-corrected chi connectivity index (χ1v) is 12.1. The molecule has 4 aromatic rings. The third-order valence-electron chi connectivity index (χ3n) is 7.09. The fourth-order valence-electron chi connectivity index (χ4n) is 5.19. The van der Waals surface area contributed by atoms with E-state index in [9.17, 15) is 18.8 Å². The number of nitriles is 1. The molecule has 0 amide bonds. The number of anilines is 1. The average Bonchev–Trinajstić information content (AvgIpc) is 2.90. The second-order valence-electron chi connectivity index (χ2n) is 9.48. The summed E-state index contributed by atoms with van der Waals surface area (Å²) >= 11 is 0. The Hall–Kier alpha value is -4.16. The number of halogens is 2. The van der Waals surface area contributed by atoms with E-state index in [0.29, 0.717) is 35.4 Å². The van der Waals surface area contributed by atoms with E-state index in [4.69, 9.17) is 0 Å². The van der Waals surface area contributed by atoms with Crippen LogP contribution in [0.1, 0.15) is 36.8 Å². The molecule has 3 atom stereocenters. The van der Waals surface area contributed by atoms with Crippen molar-refractivity contribution in [3.63, 3.8) is 0 Å². The number of benzene rings is 1. The molecule has 4 heterocycles. The van der Waals surface area contributed by atoms with E-state index < -0.39 is 11.6 Å². The van der Waals surface area contributed by atoms with Gasteiger partial charge in [-0.2, -0.15) is 5.26 Å². The number of nitrogens with zero attached hydrogens (tertiary/aromatic N) is 6. The van der Waals surface area contributed by atoms with Crippen molar-refractivity contribution in [1.29, 1.82) is 5.26 Å². The maximum Gasteiger partial charge on any atom is 0.252 e. The van der Waals surface area contributed by atoms with Crippen molar-refractivity contribution in [3.8, 4) is 6.07 Å². The molecule has 0 bridgehead atoms. The first-order chi connectivity index (χ1) is 17.8. The van der Waals surface area contributed by atoms with Crippen LogP contribution in [0.2, 0.25) is 0 Å². The van der Waals surface area contributed by atoms with E-state index in [2.05, 4.69) is 39.7 Å². The van der Waals surface area contributed by atoms with Gasteiger partial charge in [-0.3, -0.25) is 14.7 Å². The monoisotopic (exact) mass is 500 g/mol. The van der Waals surface area contributed by atoms with Crippen LogP contribution in [0.25, 0.3) is 11.0 Å². The van der Waals surface area contributed by atoms with Crippen molar-refractivity contribution in [2.75, 3.05) is 18.0 Å². The summed E-state index contributed by atoms with van der Waals surface area (Å²) in [5.74, 6) is -1.79. The topological polar surface area (TPSA) is 78.0 Å². The minimum atomic E-state index is -0.899. The minimum absolute atomic E-state index is 0.0467. The number of aryl methyl sites for hydroxylation is 1. The van der Waals surface area contributed by atoms with Gasteiger partial charge in [-0.25, -0.2) is 13.8 Å². The van der Waals surface area contributed by atoms with Gasteiger partial charge in [0, 0.05) is 44.5 Å². The summed E-state index contributed by atoms with van der Waals surface area (Å²) in [7, 11) is 1.69. The zero-order valence-electron chi connectivity index (χ0n) is 20.8. The van der Waals surface area contributed by atoms with Crippen molar-refractivity contribution in [3.05, 3.63) is 99.7 Å². The Morgan fingerprint density at radius 1 is 1.03 bits per heavy atom. The van der Waals surface area contributed by atoms with E-state index in [0.717, 1.165) is 11.8 Å². The summed E-state index contributed by atoms with van der Waals surface area (Å²) in [5, 5.41) is 9.41. The molecule has 0 radical (unpaired) electrons. The van der Waals surface area contributed by atoms with Gasteiger partial charge in [0.15, 0.2) is 11.6 Å². The van der Waals surface area contributed by atoms with E-state index >= 15 is 0 Å². The predicted molar refractivity (Wildman–Crippen MR) is 137 cm³/mol. The van der Waals surface area contributed by atoms with E-state index in [1.165, 1.54) is 10.6 Å². The molecule has 1 saturated heterocycles. The second kappa shape index (κ2) is 9.71. The van der Waals surface area contributed by atoms with Crippen LogP contribution in [0.5, 0.6) is 0 Å². The van der Waals surface area contributed by atoms with Gasteiger partial charge >= 0.3 is 0 Å². The molecule has 1 unspecified atom stereocenters. The van der Waals surface area contributed by atoms with Crippen LogP contribution in [0, 0.1) is 23.0 Å². The molecule has 1 aromatic carbocycles. The maximum absolute atomic E-state index is 14.3. The molecule has 0 saturated carbocycles. The highest BCUT2D eigenvalue weighted by Gasteiger charge is 2.36. The summed E-state index contributed by atoms with van der Waals surface area (Å²) in [4.78, 5) is 26.2. The van der Waals surface area contributed by atoms with Crippen molar-refractivity contribution >= 4 is 16.7 Å². The van der Waals surface area contributed by atoms with Crippen molar-refractivity contribution in [2.24, 2.45) is 7.05 Å². The molecule has 5 rings (SSSR count).